The van der Waals surface area contributed by atoms with Crippen LogP contribution in [0.1, 0.15) is 51.4 Å². The van der Waals surface area contributed by atoms with Gasteiger partial charge in [0.15, 0.2) is 0 Å². The molecule has 0 amide bonds. The molecule has 0 unspecified atom stereocenters. The van der Waals surface area contributed by atoms with Crippen molar-refractivity contribution in [1.82, 2.24) is 10.2 Å². The van der Waals surface area contributed by atoms with Gasteiger partial charge in [-0.15, -0.1) is 0 Å². The number of rotatable bonds is 4. The Hall–Kier alpha value is -0.0800. The Morgan fingerprint density at radius 3 is 2.31 bits per heavy atom. The summed E-state index contributed by atoms with van der Waals surface area (Å²) >= 11 is 0. The zero-order chi connectivity index (χ0) is 11.3. The van der Waals surface area contributed by atoms with Crippen LogP contribution in [0.4, 0.5) is 0 Å². The minimum Gasteiger partial charge on any atom is -0.320 e. The predicted molar refractivity (Wildman–Crippen MR) is 69.7 cm³/mol. The van der Waals surface area contributed by atoms with Gasteiger partial charge >= 0.3 is 0 Å². The van der Waals surface area contributed by atoms with Crippen LogP contribution in [0.5, 0.6) is 0 Å². The van der Waals surface area contributed by atoms with E-state index in [4.69, 9.17) is 0 Å². The third-order valence-electron chi connectivity index (χ3n) is 4.73. The van der Waals surface area contributed by atoms with Crippen LogP contribution in [-0.4, -0.2) is 38.1 Å². The van der Waals surface area contributed by atoms with Crippen LogP contribution >= 0.6 is 0 Å². The highest BCUT2D eigenvalue weighted by Gasteiger charge is 2.34. The van der Waals surface area contributed by atoms with E-state index in [-0.39, 0.29) is 0 Å². The van der Waals surface area contributed by atoms with Gasteiger partial charge in [-0.1, -0.05) is 19.3 Å². The van der Waals surface area contributed by atoms with Crippen LogP contribution in [0.25, 0.3) is 0 Å². The summed E-state index contributed by atoms with van der Waals surface area (Å²) in [6.45, 7) is 5.20. The quantitative estimate of drug-likeness (QED) is 0.739. The molecule has 94 valence electrons. The average molecular weight is 224 g/mol. The molecular formula is C14H28N2. The monoisotopic (exact) mass is 224 g/mol. The molecule has 1 saturated carbocycles. The van der Waals surface area contributed by atoms with Crippen molar-refractivity contribution in [3.8, 4) is 0 Å². The second-order valence-electron chi connectivity index (χ2n) is 5.86. The summed E-state index contributed by atoms with van der Waals surface area (Å²) in [5.41, 5.74) is 0.776. The standard InChI is InChI=1S/C14H28N2/c1-15-10-5-11-16-12-8-14(9-13-16)6-3-2-4-7-14/h15H,2-13H2,1H3. The summed E-state index contributed by atoms with van der Waals surface area (Å²) in [6, 6.07) is 0. The van der Waals surface area contributed by atoms with Gasteiger partial charge in [0.1, 0.15) is 0 Å². The lowest BCUT2D eigenvalue weighted by molar-refractivity contribution is 0.0674. The van der Waals surface area contributed by atoms with Gasteiger partial charge in [-0.25, -0.2) is 0 Å². The summed E-state index contributed by atoms with van der Waals surface area (Å²) in [5.74, 6) is 0. The van der Waals surface area contributed by atoms with E-state index in [0.29, 0.717) is 0 Å². The van der Waals surface area contributed by atoms with E-state index in [1.54, 1.807) is 0 Å². The average Bonchev–Trinajstić information content (AvgIpc) is 2.33. The molecule has 16 heavy (non-hydrogen) atoms. The fourth-order valence-electron chi connectivity index (χ4n) is 3.53. The molecule has 0 aromatic heterocycles. The van der Waals surface area contributed by atoms with Gasteiger partial charge < -0.3 is 10.2 Å². The lowest BCUT2D eigenvalue weighted by Crippen LogP contribution is -2.41. The van der Waals surface area contributed by atoms with Crippen LogP contribution in [0.3, 0.4) is 0 Å². The Labute approximate surface area is 101 Å². The maximum atomic E-state index is 3.24. The van der Waals surface area contributed by atoms with E-state index in [1.165, 1.54) is 77.5 Å². The third-order valence-corrected chi connectivity index (χ3v) is 4.73. The van der Waals surface area contributed by atoms with Crippen molar-refractivity contribution in [3.63, 3.8) is 0 Å². The Balaban J connectivity index is 1.69. The number of piperidine rings is 1. The molecule has 1 aliphatic carbocycles. The summed E-state index contributed by atoms with van der Waals surface area (Å²) in [7, 11) is 2.05. The smallest absolute Gasteiger partial charge is 0.000663 e. The first-order chi connectivity index (χ1) is 7.85. The molecule has 2 heteroatoms. The van der Waals surface area contributed by atoms with Gasteiger partial charge in [-0.3, -0.25) is 0 Å². The number of hydrogen-bond acceptors (Lipinski definition) is 2. The van der Waals surface area contributed by atoms with Crippen LogP contribution in [-0.2, 0) is 0 Å². The van der Waals surface area contributed by atoms with E-state index < -0.39 is 0 Å². The Bertz CT molecular complexity index is 187. The van der Waals surface area contributed by atoms with Crippen LogP contribution in [0.2, 0.25) is 0 Å². The van der Waals surface area contributed by atoms with E-state index in [0.717, 1.165) is 5.41 Å². The molecule has 0 bridgehead atoms. The summed E-state index contributed by atoms with van der Waals surface area (Å²) in [5, 5.41) is 3.24. The van der Waals surface area contributed by atoms with Crippen molar-refractivity contribution < 1.29 is 0 Å². The van der Waals surface area contributed by atoms with Gasteiger partial charge in [0, 0.05) is 0 Å². The first-order valence-corrected chi connectivity index (χ1v) is 7.22. The molecule has 0 radical (unpaired) electrons. The summed E-state index contributed by atoms with van der Waals surface area (Å²) in [4.78, 5) is 2.68. The molecule has 0 aromatic rings. The topological polar surface area (TPSA) is 15.3 Å². The molecule has 2 fully saturated rings. The minimum absolute atomic E-state index is 0.776. The molecular weight excluding hydrogens is 196 g/mol. The third kappa shape index (κ3) is 3.21. The minimum atomic E-state index is 0.776. The van der Waals surface area contributed by atoms with Crippen LogP contribution < -0.4 is 5.32 Å². The second-order valence-corrected chi connectivity index (χ2v) is 5.86. The van der Waals surface area contributed by atoms with Crippen molar-refractivity contribution in [1.29, 1.82) is 0 Å². The molecule has 1 N–H and O–H groups in total. The van der Waals surface area contributed by atoms with Crippen LogP contribution in [0.15, 0.2) is 0 Å². The number of nitrogens with zero attached hydrogens (tertiary/aromatic N) is 1. The van der Waals surface area contributed by atoms with Crippen molar-refractivity contribution in [2.24, 2.45) is 5.41 Å². The number of hydrogen-bond donors (Lipinski definition) is 1. The van der Waals surface area contributed by atoms with Gasteiger partial charge in [-0.05, 0) is 70.7 Å². The fraction of sp³-hybridized carbons (Fsp3) is 1.00. The van der Waals surface area contributed by atoms with E-state index in [9.17, 15) is 0 Å². The van der Waals surface area contributed by atoms with E-state index in [2.05, 4.69) is 10.2 Å². The molecule has 2 nitrogen and oxygen atoms in total. The van der Waals surface area contributed by atoms with E-state index >= 15 is 0 Å². The highest BCUT2D eigenvalue weighted by atomic mass is 15.1. The van der Waals surface area contributed by atoms with Gasteiger partial charge in [0.25, 0.3) is 0 Å². The lowest BCUT2D eigenvalue weighted by Gasteiger charge is -2.44. The molecule has 1 aliphatic heterocycles. The SMILES string of the molecule is CNCCCN1CCC2(CCCCC2)CC1. The second kappa shape index (κ2) is 6.02. The van der Waals surface area contributed by atoms with Crippen molar-refractivity contribution >= 4 is 0 Å². The molecule has 1 spiro atoms. The first kappa shape index (κ1) is 12.4. The Morgan fingerprint density at radius 2 is 1.69 bits per heavy atom. The molecule has 2 aliphatic rings. The lowest BCUT2D eigenvalue weighted by atomic mass is 9.68. The number of likely N-dealkylation sites (tertiary alicyclic amines) is 1. The molecule has 1 saturated heterocycles. The predicted octanol–water partition coefficient (Wildman–Crippen LogP) is 2.64. The normalized spacial score (nSPS) is 26.1. The van der Waals surface area contributed by atoms with Crippen molar-refractivity contribution in [3.05, 3.63) is 0 Å². The molecule has 1 heterocycles. The Morgan fingerprint density at radius 1 is 1.00 bits per heavy atom. The Kier molecular flexibility index (Phi) is 4.66. The number of nitrogens with one attached hydrogen (secondary N) is 1. The van der Waals surface area contributed by atoms with Gasteiger partial charge in [-0.2, -0.15) is 0 Å². The molecule has 0 aromatic carbocycles. The first-order valence-electron chi connectivity index (χ1n) is 7.22. The largest absolute Gasteiger partial charge is 0.320 e. The maximum Gasteiger partial charge on any atom is -0.000663 e. The summed E-state index contributed by atoms with van der Waals surface area (Å²) in [6.07, 6.45) is 11.8. The zero-order valence-corrected chi connectivity index (χ0v) is 10.9. The molecule has 0 atom stereocenters. The zero-order valence-electron chi connectivity index (χ0n) is 10.9. The van der Waals surface area contributed by atoms with Crippen molar-refractivity contribution in [2.45, 2.75) is 51.4 Å². The van der Waals surface area contributed by atoms with Gasteiger partial charge in [0.2, 0.25) is 0 Å². The molecule has 2 rings (SSSR count). The highest BCUT2D eigenvalue weighted by molar-refractivity contribution is 4.88. The summed E-state index contributed by atoms with van der Waals surface area (Å²) < 4.78 is 0. The highest BCUT2D eigenvalue weighted by Crippen LogP contribution is 2.44. The van der Waals surface area contributed by atoms with E-state index in [1.807, 2.05) is 7.05 Å². The van der Waals surface area contributed by atoms with Crippen molar-refractivity contribution in [2.75, 3.05) is 33.2 Å². The van der Waals surface area contributed by atoms with Crippen LogP contribution in [0, 0.1) is 5.41 Å². The maximum absolute atomic E-state index is 3.24. The van der Waals surface area contributed by atoms with Gasteiger partial charge in [0.05, 0.1) is 0 Å². The fourth-order valence-corrected chi connectivity index (χ4v) is 3.53.